The van der Waals surface area contributed by atoms with Crippen LogP contribution in [0, 0.1) is 18.3 Å². The maximum atomic E-state index is 11.9. The summed E-state index contributed by atoms with van der Waals surface area (Å²) in [6.45, 7) is 1.52. The Labute approximate surface area is 147 Å². The molecule has 0 spiro atoms. The molecule has 1 fully saturated rings. The summed E-state index contributed by atoms with van der Waals surface area (Å²) < 4.78 is 31.3. The number of nitrogens with zero attached hydrogens (tertiary/aromatic N) is 1. The van der Waals surface area contributed by atoms with E-state index in [1.165, 1.54) is 0 Å². The summed E-state index contributed by atoms with van der Waals surface area (Å²) in [5.74, 6) is -0.301. The minimum atomic E-state index is -3.80. The molecular weight excluding hydrogens is 346 g/mol. The highest BCUT2D eigenvalue weighted by Crippen LogP contribution is 2.21. The minimum Gasteiger partial charge on any atom is -0.494 e. The smallest absolute Gasteiger partial charge is 0.336 e. The molecule has 0 aliphatic heterocycles. The van der Waals surface area contributed by atoms with E-state index in [0.29, 0.717) is 17.5 Å². The van der Waals surface area contributed by atoms with E-state index in [4.69, 9.17) is 9.44 Å². The quantitative estimate of drug-likeness (QED) is 0.622. The lowest BCUT2D eigenvalue weighted by atomic mass is 9.96. The molecule has 0 unspecified atom stereocenters. The zero-order valence-electron chi connectivity index (χ0n) is 14.2. The van der Waals surface area contributed by atoms with Crippen molar-refractivity contribution in [2.75, 3.05) is 6.61 Å². The van der Waals surface area contributed by atoms with Crippen molar-refractivity contribution in [2.45, 2.75) is 57.9 Å². The van der Waals surface area contributed by atoms with Crippen molar-refractivity contribution in [3.8, 4) is 11.9 Å². The molecule has 1 aromatic heterocycles. The van der Waals surface area contributed by atoms with Gasteiger partial charge < -0.3 is 5.11 Å². The van der Waals surface area contributed by atoms with Gasteiger partial charge in [-0.3, -0.25) is 14.0 Å². The first-order chi connectivity index (χ1) is 11.8. The van der Waals surface area contributed by atoms with E-state index in [0.717, 1.165) is 32.1 Å². The molecule has 0 bridgehead atoms. The van der Waals surface area contributed by atoms with Gasteiger partial charge in [-0.2, -0.15) is 18.4 Å². The molecule has 9 heteroatoms. The summed E-state index contributed by atoms with van der Waals surface area (Å²) >= 11 is 0. The lowest BCUT2D eigenvalue weighted by Gasteiger charge is -2.22. The highest BCUT2D eigenvalue weighted by Gasteiger charge is 2.20. The number of rotatable bonds is 7. The predicted molar refractivity (Wildman–Crippen MR) is 91.4 cm³/mol. The van der Waals surface area contributed by atoms with Crippen LogP contribution in [0.2, 0.25) is 0 Å². The van der Waals surface area contributed by atoms with E-state index in [9.17, 15) is 18.3 Å². The van der Waals surface area contributed by atoms with Crippen molar-refractivity contribution in [1.29, 1.82) is 5.26 Å². The topological polar surface area (TPSA) is 132 Å². The lowest BCUT2D eigenvalue weighted by molar-refractivity contribution is 0.294. The van der Waals surface area contributed by atoms with Crippen molar-refractivity contribution in [3.63, 3.8) is 0 Å². The van der Waals surface area contributed by atoms with Crippen molar-refractivity contribution < 1.29 is 17.7 Å². The number of nitrogens with one attached hydrogen (secondary N) is 2. The van der Waals surface area contributed by atoms with Crippen molar-refractivity contribution in [1.82, 2.24) is 9.71 Å². The predicted octanol–water partition coefficient (Wildman–Crippen LogP) is 1.38. The van der Waals surface area contributed by atoms with Crippen molar-refractivity contribution in [3.05, 3.63) is 27.0 Å². The van der Waals surface area contributed by atoms with Crippen LogP contribution >= 0.6 is 0 Å². The number of H-pyrrole nitrogens is 1. The molecule has 3 N–H and O–H groups in total. The van der Waals surface area contributed by atoms with Crippen LogP contribution in [0.1, 0.15) is 55.2 Å². The normalized spacial score (nSPS) is 15.8. The third-order valence-electron chi connectivity index (χ3n) is 4.41. The fourth-order valence-corrected chi connectivity index (χ4v) is 4.11. The summed E-state index contributed by atoms with van der Waals surface area (Å²) in [5.41, 5.74) is 0.112. The standard InChI is InChI=1S/C16H23N3O5S/c1-11-13(15(20)18-16(21)14(11)10-17)8-5-9-24-25(22,23)19-12-6-3-2-4-7-12/h12,19H,2-9H2,1H3,(H2,18,20,21). The first-order valence-corrected chi connectivity index (χ1v) is 9.76. The van der Waals surface area contributed by atoms with Gasteiger partial charge in [0.25, 0.3) is 5.56 Å². The molecule has 0 amide bonds. The van der Waals surface area contributed by atoms with Gasteiger partial charge in [0.05, 0.1) is 6.61 Å². The van der Waals surface area contributed by atoms with Gasteiger partial charge >= 0.3 is 10.3 Å². The molecule has 1 aromatic rings. The SMILES string of the molecule is Cc1c(CCCOS(=O)(=O)NC2CCCCC2)c(O)[nH]c(=O)c1C#N. The number of hydrogen-bond acceptors (Lipinski definition) is 6. The van der Waals surface area contributed by atoms with Gasteiger partial charge in [0.1, 0.15) is 11.6 Å². The average molecular weight is 369 g/mol. The molecule has 0 radical (unpaired) electrons. The number of hydrogen-bond donors (Lipinski definition) is 3. The van der Waals surface area contributed by atoms with Crippen LogP contribution in [-0.4, -0.2) is 31.2 Å². The van der Waals surface area contributed by atoms with E-state index >= 15 is 0 Å². The van der Waals surface area contributed by atoms with Crippen LogP contribution in [0.5, 0.6) is 5.88 Å². The van der Waals surface area contributed by atoms with Gasteiger partial charge in [-0.1, -0.05) is 19.3 Å². The third kappa shape index (κ3) is 5.29. The fourth-order valence-electron chi connectivity index (χ4n) is 3.06. The summed E-state index contributed by atoms with van der Waals surface area (Å²) in [4.78, 5) is 13.8. The molecule has 8 nitrogen and oxygen atoms in total. The molecule has 25 heavy (non-hydrogen) atoms. The van der Waals surface area contributed by atoms with Gasteiger partial charge in [-0.05, 0) is 38.2 Å². The highest BCUT2D eigenvalue weighted by molar-refractivity contribution is 7.84. The zero-order valence-corrected chi connectivity index (χ0v) is 15.0. The summed E-state index contributed by atoms with van der Waals surface area (Å²) in [5, 5.41) is 18.8. The minimum absolute atomic E-state index is 0.0536. The number of nitriles is 1. The Balaban J connectivity index is 1.89. The Kier molecular flexibility index (Phi) is 6.58. The van der Waals surface area contributed by atoms with Crippen LogP contribution < -0.4 is 10.3 Å². The van der Waals surface area contributed by atoms with E-state index in [-0.39, 0.29) is 30.5 Å². The van der Waals surface area contributed by atoms with E-state index in [2.05, 4.69) is 9.71 Å². The van der Waals surface area contributed by atoms with Crippen LogP contribution in [0.15, 0.2) is 4.79 Å². The second-order valence-corrected chi connectivity index (χ2v) is 7.61. The molecule has 0 saturated heterocycles. The molecule has 1 aliphatic carbocycles. The molecule has 0 aromatic carbocycles. The van der Waals surface area contributed by atoms with Gasteiger partial charge in [0, 0.05) is 11.6 Å². The molecule has 1 saturated carbocycles. The molecule has 2 rings (SSSR count). The van der Waals surface area contributed by atoms with Crippen molar-refractivity contribution in [2.24, 2.45) is 0 Å². The van der Waals surface area contributed by atoms with Crippen LogP contribution in [0.3, 0.4) is 0 Å². The Morgan fingerprint density at radius 1 is 1.36 bits per heavy atom. The Morgan fingerprint density at radius 3 is 2.68 bits per heavy atom. The van der Waals surface area contributed by atoms with E-state index < -0.39 is 15.9 Å². The molecule has 0 atom stereocenters. The maximum absolute atomic E-state index is 11.9. The lowest BCUT2D eigenvalue weighted by Crippen LogP contribution is -2.37. The Hall–Kier alpha value is -1.89. The van der Waals surface area contributed by atoms with Gasteiger partial charge in [0.2, 0.25) is 0 Å². The summed E-state index contributed by atoms with van der Waals surface area (Å²) in [7, 11) is -3.80. The third-order valence-corrected chi connectivity index (χ3v) is 5.51. The second kappa shape index (κ2) is 8.47. The number of pyridine rings is 1. The molecule has 1 aliphatic rings. The van der Waals surface area contributed by atoms with E-state index in [1.54, 1.807) is 13.0 Å². The van der Waals surface area contributed by atoms with Crippen LogP contribution in [0.25, 0.3) is 0 Å². The van der Waals surface area contributed by atoms with Crippen molar-refractivity contribution >= 4 is 10.3 Å². The number of aromatic amines is 1. The largest absolute Gasteiger partial charge is 0.494 e. The number of aromatic hydroxyl groups is 1. The fraction of sp³-hybridized carbons (Fsp3) is 0.625. The summed E-state index contributed by atoms with van der Waals surface area (Å²) in [6, 6.07) is 1.73. The van der Waals surface area contributed by atoms with Gasteiger partial charge in [-0.25, -0.2) is 0 Å². The van der Waals surface area contributed by atoms with Gasteiger partial charge in [0.15, 0.2) is 5.88 Å². The first kappa shape index (κ1) is 19.4. The van der Waals surface area contributed by atoms with Gasteiger partial charge in [-0.15, -0.1) is 0 Å². The zero-order chi connectivity index (χ0) is 18.4. The first-order valence-electron chi connectivity index (χ1n) is 8.35. The summed E-state index contributed by atoms with van der Waals surface area (Å²) in [6.07, 6.45) is 5.40. The van der Waals surface area contributed by atoms with Crippen LogP contribution in [-0.2, 0) is 20.9 Å². The Morgan fingerprint density at radius 2 is 2.04 bits per heavy atom. The Bertz CT molecular complexity index is 804. The van der Waals surface area contributed by atoms with Crippen LogP contribution in [0.4, 0.5) is 0 Å². The number of aromatic nitrogens is 1. The maximum Gasteiger partial charge on any atom is 0.336 e. The molecular formula is C16H23N3O5S. The van der Waals surface area contributed by atoms with E-state index in [1.807, 2.05) is 0 Å². The molecule has 1 heterocycles. The monoisotopic (exact) mass is 369 g/mol. The average Bonchev–Trinajstić information content (AvgIpc) is 2.54. The molecule has 138 valence electrons. The second-order valence-electron chi connectivity index (χ2n) is 6.23. The highest BCUT2D eigenvalue weighted by atomic mass is 32.2.